The van der Waals surface area contributed by atoms with E-state index in [9.17, 15) is 19.2 Å². The summed E-state index contributed by atoms with van der Waals surface area (Å²) >= 11 is 0. The first-order valence-electron chi connectivity index (χ1n) is 7.96. The number of fused-ring (bicyclic) bond motifs is 1. The second kappa shape index (κ2) is 7.72. The minimum absolute atomic E-state index is 0.0240. The lowest BCUT2D eigenvalue weighted by atomic mass is 10.1. The highest BCUT2D eigenvalue weighted by atomic mass is 16.4. The summed E-state index contributed by atoms with van der Waals surface area (Å²) in [6, 6.07) is 4.42. The number of carboxylic acids is 1. The van der Waals surface area contributed by atoms with Crippen LogP contribution in [-0.4, -0.2) is 46.8 Å². The molecule has 0 bridgehead atoms. The van der Waals surface area contributed by atoms with Crippen LogP contribution in [0, 0.1) is 0 Å². The fraction of sp³-hybridized carbons (Fsp3) is 0.412. The van der Waals surface area contributed by atoms with Crippen LogP contribution >= 0.6 is 0 Å². The van der Waals surface area contributed by atoms with Crippen molar-refractivity contribution in [2.45, 2.75) is 32.6 Å². The highest BCUT2D eigenvalue weighted by Gasteiger charge is 2.35. The van der Waals surface area contributed by atoms with Crippen LogP contribution in [0.25, 0.3) is 0 Å². The molecule has 3 amide bonds. The molecule has 1 aromatic carbocycles. The van der Waals surface area contributed by atoms with Gasteiger partial charge in [0.2, 0.25) is 0 Å². The molecule has 1 aliphatic heterocycles. The monoisotopic (exact) mass is 332 g/mol. The van der Waals surface area contributed by atoms with Crippen molar-refractivity contribution in [3.8, 4) is 0 Å². The molecule has 0 saturated heterocycles. The molecule has 0 unspecified atom stereocenters. The summed E-state index contributed by atoms with van der Waals surface area (Å²) in [5.74, 6) is -2.01. The molecule has 0 aliphatic carbocycles. The van der Waals surface area contributed by atoms with Crippen molar-refractivity contribution in [3.63, 3.8) is 0 Å². The molecule has 1 aliphatic rings. The number of unbranched alkanes of at least 4 members (excludes halogenated alkanes) is 1. The topological polar surface area (TPSA) is 104 Å². The van der Waals surface area contributed by atoms with E-state index in [4.69, 9.17) is 5.11 Å². The Hall–Kier alpha value is -2.70. The Morgan fingerprint density at radius 1 is 1.12 bits per heavy atom. The third-order valence-electron chi connectivity index (χ3n) is 3.82. The van der Waals surface area contributed by atoms with E-state index in [1.807, 2.05) is 6.92 Å². The molecule has 1 heterocycles. The smallest absolute Gasteiger partial charge is 0.303 e. The Labute approximate surface area is 139 Å². The third kappa shape index (κ3) is 3.79. The van der Waals surface area contributed by atoms with Crippen LogP contribution in [0.2, 0.25) is 0 Å². The van der Waals surface area contributed by atoms with Crippen molar-refractivity contribution in [2.24, 2.45) is 0 Å². The Balaban J connectivity index is 2.06. The summed E-state index contributed by atoms with van der Waals surface area (Å²) in [5.41, 5.74) is 0.843. The molecule has 0 radical (unpaired) electrons. The van der Waals surface area contributed by atoms with Crippen molar-refractivity contribution in [1.82, 2.24) is 10.2 Å². The van der Waals surface area contributed by atoms with Crippen LogP contribution in [-0.2, 0) is 4.79 Å². The predicted octanol–water partition coefficient (Wildman–Crippen LogP) is 1.68. The summed E-state index contributed by atoms with van der Waals surface area (Å²) in [6.07, 6.45) is 1.91. The Morgan fingerprint density at radius 3 is 2.50 bits per heavy atom. The zero-order chi connectivity index (χ0) is 17.7. The maximum Gasteiger partial charge on any atom is 0.303 e. The van der Waals surface area contributed by atoms with Gasteiger partial charge >= 0.3 is 5.97 Å². The average molecular weight is 332 g/mol. The number of rotatable bonds is 8. The molecule has 2 rings (SSSR count). The maximum atomic E-state index is 12.3. The molecule has 2 N–H and O–H groups in total. The van der Waals surface area contributed by atoms with Gasteiger partial charge in [-0.15, -0.1) is 0 Å². The molecular weight excluding hydrogens is 312 g/mol. The van der Waals surface area contributed by atoms with E-state index in [0.717, 1.165) is 12.8 Å². The van der Waals surface area contributed by atoms with Crippen molar-refractivity contribution >= 4 is 23.7 Å². The number of amides is 3. The number of carboxylic acid groups (broad SMARTS) is 1. The van der Waals surface area contributed by atoms with Crippen molar-refractivity contribution in [1.29, 1.82) is 0 Å². The van der Waals surface area contributed by atoms with Gasteiger partial charge in [0.1, 0.15) is 0 Å². The van der Waals surface area contributed by atoms with Crippen molar-refractivity contribution in [3.05, 3.63) is 34.9 Å². The zero-order valence-electron chi connectivity index (χ0n) is 13.5. The first kappa shape index (κ1) is 17.7. The molecule has 24 heavy (non-hydrogen) atoms. The Morgan fingerprint density at radius 2 is 1.83 bits per heavy atom. The summed E-state index contributed by atoms with van der Waals surface area (Å²) in [4.78, 5) is 48.3. The average Bonchev–Trinajstić information content (AvgIpc) is 2.80. The number of hydrogen-bond donors (Lipinski definition) is 2. The molecule has 0 spiro atoms. The van der Waals surface area contributed by atoms with E-state index in [-0.39, 0.29) is 35.9 Å². The van der Waals surface area contributed by atoms with Gasteiger partial charge in [0.25, 0.3) is 17.7 Å². The summed E-state index contributed by atoms with van der Waals surface area (Å²) in [7, 11) is 0. The fourth-order valence-corrected chi connectivity index (χ4v) is 2.49. The van der Waals surface area contributed by atoms with Gasteiger partial charge in [0, 0.05) is 25.1 Å². The van der Waals surface area contributed by atoms with Crippen molar-refractivity contribution in [2.75, 3.05) is 13.1 Å². The SMILES string of the molecule is CCCCN1C(=O)c2ccc(C(=O)NCCCC(=O)O)cc2C1=O. The summed E-state index contributed by atoms with van der Waals surface area (Å²) < 4.78 is 0. The predicted molar refractivity (Wildman–Crippen MR) is 85.9 cm³/mol. The van der Waals surface area contributed by atoms with Crippen LogP contribution in [0.1, 0.15) is 63.7 Å². The minimum atomic E-state index is -0.918. The fourth-order valence-electron chi connectivity index (χ4n) is 2.49. The Kier molecular flexibility index (Phi) is 5.68. The van der Waals surface area contributed by atoms with Gasteiger partial charge < -0.3 is 10.4 Å². The van der Waals surface area contributed by atoms with E-state index in [1.54, 1.807) is 0 Å². The largest absolute Gasteiger partial charge is 0.481 e. The van der Waals surface area contributed by atoms with E-state index in [2.05, 4.69) is 5.32 Å². The molecule has 128 valence electrons. The van der Waals surface area contributed by atoms with Gasteiger partial charge in [-0.3, -0.25) is 24.1 Å². The molecule has 1 aromatic rings. The maximum absolute atomic E-state index is 12.3. The molecule has 0 saturated carbocycles. The van der Waals surface area contributed by atoms with E-state index >= 15 is 0 Å². The number of aliphatic carboxylic acids is 1. The number of imide groups is 1. The highest BCUT2D eigenvalue weighted by molar-refractivity contribution is 6.22. The molecular formula is C17H20N2O5. The van der Waals surface area contributed by atoms with Gasteiger partial charge in [-0.1, -0.05) is 13.3 Å². The molecule has 7 heteroatoms. The molecule has 0 aromatic heterocycles. The van der Waals surface area contributed by atoms with Gasteiger partial charge in [-0.25, -0.2) is 0 Å². The second-order valence-corrected chi connectivity index (χ2v) is 5.63. The van der Waals surface area contributed by atoms with Crippen LogP contribution in [0.5, 0.6) is 0 Å². The highest BCUT2D eigenvalue weighted by Crippen LogP contribution is 2.24. The number of nitrogens with one attached hydrogen (secondary N) is 1. The third-order valence-corrected chi connectivity index (χ3v) is 3.82. The number of carbonyl (C=O) groups excluding carboxylic acids is 3. The van der Waals surface area contributed by atoms with Crippen LogP contribution in [0.4, 0.5) is 0 Å². The first-order chi connectivity index (χ1) is 11.5. The minimum Gasteiger partial charge on any atom is -0.481 e. The summed E-state index contributed by atoms with van der Waals surface area (Å²) in [6.45, 7) is 2.59. The van der Waals surface area contributed by atoms with Crippen LogP contribution < -0.4 is 5.32 Å². The first-order valence-corrected chi connectivity index (χ1v) is 7.96. The van der Waals surface area contributed by atoms with Gasteiger partial charge in [0.15, 0.2) is 0 Å². The van der Waals surface area contributed by atoms with Gasteiger partial charge in [0.05, 0.1) is 11.1 Å². The lowest BCUT2D eigenvalue weighted by Gasteiger charge is -2.12. The van der Waals surface area contributed by atoms with Gasteiger partial charge in [-0.2, -0.15) is 0 Å². The van der Waals surface area contributed by atoms with Crippen LogP contribution in [0.3, 0.4) is 0 Å². The number of benzene rings is 1. The molecule has 0 atom stereocenters. The van der Waals surface area contributed by atoms with E-state index in [1.165, 1.54) is 23.1 Å². The van der Waals surface area contributed by atoms with Crippen molar-refractivity contribution < 1.29 is 24.3 Å². The van der Waals surface area contributed by atoms with Gasteiger partial charge in [-0.05, 0) is 31.0 Å². The summed E-state index contributed by atoms with van der Waals surface area (Å²) in [5, 5.41) is 11.2. The second-order valence-electron chi connectivity index (χ2n) is 5.63. The lowest BCUT2D eigenvalue weighted by molar-refractivity contribution is -0.137. The molecule has 0 fully saturated rings. The lowest BCUT2D eigenvalue weighted by Crippen LogP contribution is -2.30. The van der Waals surface area contributed by atoms with E-state index in [0.29, 0.717) is 18.5 Å². The number of carbonyl (C=O) groups is 4. The standard InChI is InChI=1S/C17H20N2O5/c1-2-3-9-19-16(23)12-7-6-11(10-13(12)17(19)24)15(22)18-8-4-5-14(20)21/h6-7,10H,2-5,8-9H2,1H3,(H,18,22)(H,20,21). The normalized spacial score (nSPS) is 13.1. The number of nitrogens with zero attached hydrogens (tertiary/aromatic N) is 1. The zero-order valence-corrected chi connectivity index (χ0v) is 13.5. The van der Waals surface area contributed by atoms with E-state index < -0.39 is 11.9 Å². The quantitative estimate of drug-likeness (QED) is 0.557. The van der Waals surface area contributed by atoms with Crippen LogP contribution in [0.15, 0.2) is 18.2 Å². The Bertz CT molecular complexity index is 684. The molecule has 7 nitrogen and oxygen atoms in total. The number of hydrogen-bond acceptors (Lipinski definition) is 4.